The molecule has 0 spiro atoms. The van der Waals surface area contributed by atoms with Crippen LogP contribution in [0.5, 0.6) is 0 Å². The van der Waals surface area contributed by atoms with Crippen LogP contribution in [0.1, 0.15) is 38.5 Å². The van der Waals surface area contributed by atoms with Gasteiger partial charge in [0.2, 0.25) is 0 Å². The van der Waals surface area contributed by atoms with Gasteiger partial charge in [-0.05, 0) is 42.9 Å². The lowest BCUT2D eigenvalue weighted by Crippen LogP contribution is -2.37. The summed E-state index contributed by atoms with van der Waals surface area (Å²) in [4.78, 5) is 0. The van der Waals surface area contributed by atoms with Crippen LogP contribution in [0.4, 0.5) is 0 Å². The molecule has 82 valence electrons. The molecule has 0 amide bonds. The van der Waals surface area contributed by atoms with Gasteiger partial charge in [0, 0.05) is 13.2 Å². The zero-order valence-electron chi connectivity index (χ0n) is 8.86. The van der Waals surface area contributed by atoms with Crippen molar-refractivity contribution in [3.63, 3.8) is 0 Å². The molecule has 2 nitrogen and oxygen atoms in total. The molecule has 2 rings (SSSR count). The van der Waals surface area contributed by atoms with Crippen LogP contribution in [0.25, 0.3) is 0 Å². The topological polar surface area (TPSA) is 40.5 Å². The van der Waals surface area contributed by atoms with E-state index in [1.807, 2.05) is 0 Å². The highest BCUT2D eigenvalue weighted by molar-refractivity contribution is 4.88. The van der Waals surface area contributed by atoms with Crippen LogP contribution in [0.3, 0.4) is 0 Å². The van der Waals surface area contributed by atoms with E-state index in [-0.39, 0.29) is 0 Å². The summed E-state index contributed by atoms with van der Waals surface area (Å²) in [5.41, 5.74) is 0. The average molecular weight is 198 g/mol. The van der Waals surface area contributed by atoms with Gasteiger partial charge in [0.15, 0.2) is 0 Å². The fraction of sp³-hybridized carbons (Fsp3) is 1.00. The summed E-state index contributed by atoms with van der Waals surface area (Å²) in [6.07, 6.45) is 7.61. The first-order valence-corrected chi connectivity index (χ1v) is 6.07. The average Bonchev–Trinajstić information content (AvgIpc) is 2.27. The normalized spacial score (nSPS) is 43.3. The molecule has 14 heavy (non-hydrogen) atoms. The third-order valence-electron chi connectivity index (χ3n) is 4.34. The summed E-state index contributed by atoms with van der Waals surface area (Å²) in [5, 5.41) is 18.6. The Hall–Kier alpha value is -0.0800. The fourth-order valence-electron chi connectivity index (χ4n) is 3.64. The highest BCUT2D eigenvalue weighted by Crippen LogP contribution is 2.45. The van der Waals surface area contributed by atoms with E-state index < -0.39 is 0 Å². The molecule has 0 aromatic heterocycles. The third-order valence-corrected chi connectivity index (χ3v) is 4.34. The molecule has 0 saturated heterocycles. The monoisotopic (exact) mass is 198 g/mol. The lowest BCUT2D eigenvalue weighted by atomic mass is 9.63. The summed E-state index contributed by atoms with van der Waals surface area (Å²) < 4.78 is 0. The molecule has 0 aliphatic heterocycles. The molecule has 0 aromatic rings. The van der Waals surface area contributed by atoms with Crippen LogP contribution in [0.2, 0.25) is 0 Å². The fourth-order valence-corrected chi connectivity index (χ4v) is 3.64. The molecular formula is C12H22O2. The van der Waals surface area contributed by atoms with Crippen LogP contribution in [-0.4, -0.2) is 23.4 Å². The van der Waals surface area contributed by atoms with Crippen LogP contribution in [-0.2, 0) is 0 Å². The molecule has 0 radical (unpaired) electrons. The van der Waals surface area contributed by atoms with E-state index in [4.69, 9.17) is 0 Å². The van der Waals surface area contributed by atoms with Gasteiger partial charge < -0.3 is 10.2 Å². The van der Waals surface area contributed by atoms with Gasteiger partial charge in [-0.1, -0.05) is 19.3 Å². The van der Waals surface area contributed by atoms with Gasteiger partial charge in [-0.15, -0.1) is 0 Å². The Morgan fingerprint density at radius 1 is 0.929 bits per heavy atom. The van der Waals surface area contributed by atoms with Crippen molar-refractivity contribution in [1.82, 2.24) is 0 Å². The highest BCUT2D eigenvalue weighted by Gasteiger charge is 2.37. The van der Waals surface area contributed by atoms with Crippen molar-refractivity contribution in [1.29, 1.82) is 0 Å². The minimum absolute atomic E-state index is 0.319. The van der Waals surface area contributed by atoms with Crippen LogP contribution < -0.4 is 0 Å². The molecule has 2 aliphatic rings. The summed E-state index contributed by atoms with van der Waals surface area (Å²) >= 11 is 0. The highest BCUT2D eigenvalue weighted by atomic mass is 16.3. The van der Waals surface area contributed by atoms with Gasteiger partial charge in [0.1, 0.15) is 0 Å². The van der Waals surface area contributed by atoms with Gasteiger partial charge >= 0.3 is 0 Å². The lowest BCUT2D eigenvalue weighted by molar-refractivity contribution is 0.0147. The minimum atomic E-state index is 0.319. The second-order valence-corrected chi connectivity index (χ2v) is 5.17. The Morgan fingerprint density at radius 2 is 1.71 bits per heavy atom. The first-order valence-electron chi connectivity index (χ1n) is 6.07. The number of fused-ring (bicyclic) bond motifs is 1. The summed E-state index contributed by atoms with van der Waals surface area (Å²) in [6.45, 7) is 0.650. The largest absolute Gasteiger partial charge is 0.396 e. The Labute approximate surface area is 86.3 Å². The Bertz CT molecular complexity index is 173. The van der Waals surface area contributed by atoms with Crippen molar-refractivity contribution in [2.45, 2.75) is 38.5 Å². The summed E-state index contributed by atoms with van der Waals surface area (Å²) in [6, 6.07) is 0. The van der Waals surface area contributed by atoms with E-state index in [2.05, 4.69) is 0 Å². The number of aliphatic hydroxyl groups excluding tert-OH is 2. The van der Waals surface area contributed by atoms with Gasteiger partial charge in [0.25, 0.3) is 0 Å². The van der Waals surface area contributed by atoms with E-state index >= 15 is 0 Å². The van der Waals surface area contributed by atoms with Crippen molar-refractivity contribution >= 4 is 0 Å². The minimum Gasteiger partial charge on any atom is -0.396 e. The second-order valence-electron chi connectivity index (χ2n) is 5.17. The zero-order chi connectivity index (χ0) is 9.97. The number of hydrogen-bond donors (Lipinski definition) is 2. The van der Waals surface area contributed by atoms with E-state index in [0.717, 1.165) is 18.3 Å². The molecular weight excluding hydrogens is 176 g/mol. The molecule has 4 unspecified atom stereocenters. The van der Waals surface area contributed by atoms with Gasteiger partial charge in [0.05, 0.1) is 0 Å². The van der Waals surface area contributed by atoms with E-state index in [9.17, 15) is 10.2 Å². The second kappa shape index (κ2) is 4.63. The lowest BCUT2D eigenvalue weighted by Gasteiger charge is -2.43. The number of rotatable bonds is 2. The number of aliphatic hydroxyl groups is 2. The van der Waals surface area contributed by atoms with Crippen molar-refractivity contribution in [3.05, 3.63) is 0 Å². The standard InChI is InChI=1S/C12H22O2/c13-7-9-5-10-3-1-2-4-12(10)11(6-9)8-14/h9-14H,1-8H2. The number of hydrogen-bond acceptors (Lipinski definition) is 2. The summed E-state index contributed by atoms with van der Waals surface area (Å²) in [7, 11) is 0. The van der Waals surface area contributed by atoms with Crippen LogP contribution in [0, 0.1) is 23.7 Å². The zero-order valence-corrected chi connectivity index (χ0v) is 8.86. The van der Waals surface area contributed by atoms with Gasteiger partial charge in [-0.3, -0.25) is 0 Å². The molecule has 2 fully saturated rings. The molecule has 2 aliphatic carbocycles. The summed E-state index contributed by atoms with van der Waals surface area (Å²) in [5.74, 6) is 2.50. The first-order chi connectivity index (χ1) is 6.85. The Kier molecular flexibility index (Phi) is 3.45. The quantitative estimate of drug-likeness (QED) is 0.710. The maximum atomic E-state index is 9.36. The maximum absolute atomic E-state index is 9.36. The van der Waals surface area contributed by atoms with Crippen molar-refractivity contribution in [2.24, 2.45) is 23.7 Å². The smallest absolute Gasteiger partial charge is 0.0462 e. The Balaban J connectivity index is 2.01. The SMILES string of the molecule is OCC1CC(CO)C2CCCCC2C1. The maximum Gasteiger partial charge on any atom is 0.0462 e. The Morgan fingerprint density at radius 3 is 2.43 bits per heavy atom. The molecule has 0 aromatic carbocycles. The van der Waals surface area contributed by atoms with Gasteiger partial charge in [-0.2, -0.15) is 0 Å². The molecule has 0 bridgehead atoms. The van der Waals surface area contributed by atoms with Crippen LogP contribution >= 0.6 is 0 Å². The molecule has 2 saturated carbocycles. The van der Waals surface area contributed by atoms with Gasteiger partial charge in [-0.25, -0.2) is 0 Å². The first kappa shape index (κ1) is 10.4. The molecule has 0 heterocycles. The predicted molar refractivity (Wildman–Crippen MR) is 55.8 cm³/mol. The van der Waals surface area contributed by atoms with Crippen LogP contribution in [0.15, 0.2) is 0 Å². The molecule has 2 N–H and O–H groups in total. The van der Waals surface area contributed by atoms with E-state index in [0.29, 0.717) is 25.0 Å². The van der Waals surface area contributed by atoms with Crippen molar-refractivity contribution < 1.29 is 10.2 Å². The molecule has 2 heteroatoms. The van der Waals surface area contributed by atoms with E-state index in [1.165, 1.54) is 32.1 Å². The van der Waals surface area contributed by atoms with E-state index in [1.54, 1.807) is 0 Å². The predicted octanol–water partition coefficient (Wildman–Crippen LogP) is 1.80. The molecule has 4 atom stereocenters. The van der Waals surface area contributed by atoms with Crippen molar-refractivity contribution in [3.8, 4) is 0 Å². The van der Waals surface area contributed by atoms with Crippen molar-refractivity contribution in [2.75, 3.05) is 13.2 Å². The third kappa shape index (κ3) is 1.96.